The third kappa shape index (κ3) is 3.43. The predicted octanol–water partition coefficient (Wildman–Crippen LogP) is 3.66. The van der Waals surface area contributed by atoms with Gasteiger partial charge in [-0.05, 0) is 37.8 Å². The van der Waals surface area contributed by atoms with E-state index in [0.29, 0.717) is 28.5 Å². The molecule has 2 fully saturated rings. The number of thiazole rings is 1. The summed E-state index contributed by atoms with van der Waals surface area (Å²) in [5.74, 6) is 1.39. The first-order valence-corrected chi connectivity index (χ1v) is 11.7. The second-order valence-electron chi connectivity index (χ2n) is 7.77. The zero-order chi connectivity index (χ0) is 20.1. The van der Waals surface area contributed by atoms with Crippen molar-refractivity contribution in [1.82, 2.24) is 9.97 Å². The van der Waals surface area contributed by atoms with Crippen LogP contribution in [0.2, 0.25) is 5.02 Å². The van der Waals surface area contributed by atoms with E-state index in [4.69, 9.17) is 32.0 Å². The Kier molecular flexibility index (Phi) is 4.81. The molecule has 3 N–H and O–H groups in total. The fraction of sp³-hybridized carbons (Fsp3) is 0.474. The number of carbonyl (C=O) groups is 1. The van der Waals surface area contributed by atoms with E-state index in [-0.39, 0.29) is 17.2 Å². The van der Waals surface area contributed by atoms with Gasteiger partial charge in [0.2, 0.25) is 0 Å². The molecule has 0 unspecified atom stereocenters. The summed E-state index contributed by atoms with van der Waals surface area (Å²) < 4.78 is 6.33. The minimum absolute atomic E-state index is 0.0188. The highest BCUT2D eigenvalue weighted by Crippen LogP contribution is 2.54. The smallest absolute Gasteiger partial charge is 0.275 e. The Balaban J connectivity index is 1.40. The normalized spacial score (nSPS) is 27.6. The molecule has 0 aromatic carbocycles. The third-order valence-electron chi connectivity index (χ3n) is 5.98. The molecule has 1 aliphatic carbocycles. The van der Waals surface area contributed by atoms with E-state index in [2.05, 4.69) is 10.3 Å². The number of ether oxygens (including phenoxy) is 1. The van der Waals surface area contributed by atoms with E-state index in [0.717, 1.165) is 30.0 Å². The lowest BCUT2D eigenvalue weighted by molar-refractivity contribution is -0.169. The SMILES string of the molecule is NC1=N[C@@]2(c3nc(NC(=O)c4ccc(Cl)cn4)cs3)COC3(CCC3)C[C@H]2CS1. The van der Waals surface area contributed by atoms with Crippen LogP contribution in [0.25, 0.3) is 0 Å². The van der Waals surface area contributed by atoms with Gasteiger partial charge in [-0.2, -0.15) is 0 Å². The van der Waals surface area contributed by atoms with Crippen molar-refractivity contribution >= 4 is 51.6 Å². The molecule has 0 radical (unpaired) electrons. The fourth-order valence-corrected chi connectivity index (χ4v) is 6.28. The number of carbonyl (C=O) groups excluding carboxylic acids is 1. The standard InChI is InChI=1S/C19H20ClN5O2S2/c20-12-2-3-13(22-7-12)15(26)23-14-9-28-16(24-14)19-10-27-18(4-1-5-18)6-11(19)8-29-17(21)25-19/h2-3,7,9,11H,1,4-6,8,10H2,(H2,21,25)(H,23,26)/t11-,19-/m0/s1. The number of nitrogens with one attached hydrogen (secondary N) is 1. The van der Waals surface area contributed by atoms with Crippen LogP contribution < -0.4 is 11.1 Å². The van der Waals surface area contributed by atoms with E-state index in [1.54, 1.807) is 23.9 Å². The molecule has 1 saturated carbocycles. The number of aromatic nitrogens is 2. The first-order valence-electron chi connectivity index (χ1n) is 9.49. The van der Waals surface area contributed by atoms with Crippen molar-refractivity contribution in [3.8, 4) is 0 Å². The molecule has 4 heterocycles. The number of thioether (sulfide) groups is 1. The number of nitrogens with two attached hydrogens (primary N) is 1. The highest BCUT2D eigenvalue weighted by atomic mass is 35.5. The van der Waals surface area contributed by atoms with Crippen LogP contribution in [0.15, 0.2) is 28.7 Å². The Morgan fingerprint density at radius 3 is 2.97 bits per heavy atom. The first-order chi connectivity index (χ1) is 14.0. The Hall–Kier alpha value is -1.68. The molecule has 1 saturated heterocycles. The van der Waals surface area contributed by atoms with Gasteiger partial charge in [0.15, 0.2) is 5.17 Å². The molecule has 2 aromatic rings. The van der Waals surface area contributed by atoms with Gasteiger partial charge in [0.1, 0.15) is 22.1 Å². The van der Waals surface area contributed by atoms with Gasteiger partial charge in [0.25, 0.3) is 5.91 Å². The molecule has 10 heteroatoms. The monoisotopic (exact) mass is 449 g/mol. The van der Waals surface area contributed by atoms with Crippen LogP contribution in [0.4, 0.5) is 5.82 Å². The summed E-state index contributed by atoms with van der Waals surface area (Å²) in [5, 5.41) is 6.52. The molecule has 152 valence electrons. The molecule has 7 nitrogen and oxygen atoms in total. The first kappa shape index (κ1) is 19.3. The van der Waals surface area contributed by atoms with E-state index in [1.807, 2.05) is 5.38 Å². The quantitative estimate of drug-likeness (QED) is 0.741. The zero-order valence-corrected chi connectivity index (χ0v) is 17.9. The van der Waals surface area contributed by atoms with Crippen molar-refractivity contribution in [1.29, 1.82) is 0 Å². The van der Waals surface area contributed by atoms with Crippen molar-refractivity contribution in [3.05, 3.63) is 39.4 Å². The van der Waals surface area contributed by atoms with Gasteiger partial charge in [-0.25, -0.2) is 15.0 Å². The minimum atomic E-state index is -0.567. The molecule has 0 bridgehead atoms. The van der Waals surface area contributed by atoms with Gasteiger partial charge in [-0.3, -0.25) is 4.79 Å². The highest BCUT2D eigenvalue weighted by molar-refractivity contribution is 8.13. The summed E-state index contributed by atoms with van der Waals surface area (Å²) in [7, 11) is 0. The Bertz CT molecular complexity index is 975. The number of halogens is 1. The van der Waals surface area contributed by atoms with E-state index >= 15 is 0 Å². The van der Waals surface area contributed by atoms with Crippen LogP contribution >= 0.6 is 34.7 Å². The van der Waals surface area contributed by atoms with Crippen LogP contribution in [0.1, 0.15) is 41.2 Å². The largest absolute Gasteiger partial charge is 0.379 e. The number of nitrogens with zero attached hydrogens (tertiary/aromatic N) is 3. The van der Waals surface area contributed by atoms with Gasteiger partial charge in [-0.15, -0.1) is 11.3 Å². The molecule has 2 aromatic heterocycles. The number of pyridine rings is 1. The van der Waals surface area contributed by atoms with Crippen molar-refractivity contribution in [2.24, 2.45) is 16.6 Å². The summed E-state index contributed by atoms with van der Waals surface area (Å²) in [4.78, 5) is 26.0. The molecule has 2 aliphatic heterocycles. The lowest BCUT2D eigenvalue weighted by atomic mass is 9.67. The molecule has 3 aliphatic rings. The Labute approximate surface area is 181 Å². The topological polar surface area (TPSA) is 102 Å². The summed E-state index contributed by atoms with van der Waals surface area (Å²) >= 11 is 8.92. The number of amidine groups is 1. The fourth-order valence-electron chi connectivity index (χ4n) is 4.22. The van der Waals surface area contributed by atoms with Gasteiger partial charge in [-0.1, -0.05) is 23.4 Å². The molecular formula is C19H20ClN5O2S2. The summed E-state index contributed by atoms with van der Waals surface area (Å²) in [6.45, 7) is 0.485. The average Bonchev–Trinajstić information content (AvgIpc) is 3.16. The number of aliphatic imine (C=N–C) groups is 1. The van der Waals surface area contributed by atoms with Gasteiger partial charge >= 0.3 is 0 Å². The highest BCUT2D eigenvalue weighted by Gasteiger charge is 2.56. The summed E-state index contributed by atoms with van der Waals surface area (Å²) in [5.41, 5.74) is 5.83. The van der Waals surface area contributed by atoms with Crippen molar-refractivity contribution < 1.29 is 9.53 Å². The van der Waals surface area contributed by atoms with Crippen LogP contribution in [0, 0.1) is 5.92 Å². The maximum absolute atomic E-state index is 12.4. The minimum Gasteiger partial charge on any atom is -0.379 e. The number of hydrogen-bond acceptors (Lipinski definition) is 8. The van der Waals surface area contributed by atoms with Gasteiger partial charge in [0, 0.05) is 23.2 Å². The van der Waals surface area contributed by atoms with E-state index < -0.39 is 5.54 Å². The Morgan fingerprint density at radius 1 is 1.38 bits per heavy atom. The van der Waals surface area contributed by atoms with Crippen molar-refractivity contribution in [2.45, 2.75) is 36.8 Å². The number of rotatable bonds is 3. The maximum atomic E-state index is 12.4. The molecule has 5 rings (SSSR count). The van der Waals surface area contributed by atoms with Gasteiger partial charge in [0.05, 0.1) is 17.2 Å². The van der Waals surface area contributed by atoms with E-state index in [9.17, 15) is 4.79 Å². The average molecular weight is 450 g/mol. The Morgan fingerprint density at radius 2 is 2.24 bits per heavy atom. The van der Waals surface area contributed by atoms with Crippen LogP contribution in [0.5, 0.6) is 0 Å². The summed E-state index contributed by atoms with van der Waals surface area (Å²) in [6, 6.07) is 3.21. The second-order valence-corrected chi connectivity index (χ2v) is 10.1. The van der Waals surface area contributed by atoms with Gasteiger partial charge < -0.3 is 15.8 Å². The second kappa shape index (κ2) is 7.23. The number of amides is 1. The zero-order valence-electron chi connectivity index (χ0n) is 15.6. The van der Waals surface area contributed by atoms with Crippen LogP contribution in [-0.2, 0) is 10.3 Å². The molecule has 29 heavy (non-hydrogen) atoms. The lowest BCUT2D eigenvalue weighted by Gasteiger charge is -2.53. The van der Waals surface area contributed by atoms with Crippen LogP contribution in [-0.4, -0.2) is 39.0 Å². The number of hydrogen-bond donors (Lipinski definition) is 2. The molecule has 2 atom stereocenters. The maximum Gasteiger partial charge on any atom is 0.275 e. The predicted molar refractivity (Wildman–Crippen MR) is 116 cm³/mol. The third-order valence-corrected chi connectivity index (χ3v) is 8.16. The van der Waals surface area contributed by atoms with E-state index in [1.165, 1.54) is 24.0 Å². The molecular weight excluding hydrogens is 430 g/mol. The summed E-state index contributed by atoms with van der Waals surface area (Å²) in [6.07, 6.45) is 5.89. The van der Waals surface area contributed by atoms with Crippen LogP contribution in [0.3, 0.4) is 0 Å². The van der Waals surface area contributed by atoms with Crippen molar-refractivity contribution in [3.63, 3.8) is 0 Å². The number of anilines is 1. The lowest BCUT2D eigenvalue weighted by Crippen LogP contribution is -2.57. The molecule has 1 spiro atoms. The molecule has 1 amide bonds. The number of fused-ring (bicyclic) bond motifs is 1. The van der Waals surface area contributed by atoms with Crippen molar-refractivity contribution in [2.75, 3.05) is 17.7 Å².